The summed E-state index contributed by atoms with van der Waals surface area (Å²) in [5.74, 6) is 0.798. The fourth-order valence-electron chi connectivity index (χ4n) is 3.62. The van der Waals surface area contributed by atoms with E-state index in [0.29, 0.717) is 34.3 Å². The Hall–Kier alpha value is -3.39. The van der Waals surface area contributed by atoms with Gasteiger partial charge in [-0.05, 0) is 38.0 Å². The summed E-state index contributed by atoms with van der Waals surface area (Å²) >= 11 is 6.31. The van der Waals surface area contributed by atoms with Gasteiger partial charge in [0.2, 0.25) is 5.91 Å². The number of carbonyl (C=O) groups excluding carboxylic acids is 1. The monoisotopic (exact) mass is 439 g/mol. The van der Waals surface area contributed by atoms with E-state index in [4.69, 9.17) is 26.1 Å². The van der Waals surface area contributed by atoms with Crippen LogP contribution < -0.4 is 14.8 Å². The highest BCUT2D eigenvalue weighted by molar-refractivity contribution is 6.34. The van der Waals surface area contributed by atoms with Crippen LogP contribution in [0, 0.1) is 13.8 Å². The summed E-state index contributed by atoms with van der Waals surface area (Å²) in [7, 11) is 3.05. The highest BCUT2D eigenvalue weighted by atomic mass is 35.5. The number of methoxy groups -OCH3 is 2. The maximum Gasteiger partial charge on any atom is 0.224 e. The van der Waals surface area contributed by atoms with Crippen LogP contribution in [0.4, 0.5) is 5.69 Å². The molecule has 9 heteroatoms. The molecule has 0 aliphatic heterocycles. The van der Waals surface area contributed by atoms with Gasteiger partial charge >= 0.3 is 0 Å². The van der Waals surface area contributed by atoms with Gasteiger partial charge in [-0.2, -0.15) is 0 Å². The second-order valence-corrected chi connectivity index (χ2v) is 7.51. The molecule has 3 aromatic heterocycles. The highest BCUT2D eigenvalue weighted by Crippen LogP contribution is 2.37. The summed E-state index contributed by atoms with van der Waals surface area (Å²) in [4.78, 5) is 21.7. The van der Waals surface area contributed by atoms with E-state index in [1.165, 1.54) is 14.2 Å². The number of nitrogens with one attached hydrogen (secondary N) is 1. The van der Waals surface area contributed by atoms with Gasteiger partial charge in [0.1, 0.15) is 17.2 Å². The molecule has 1 amide bonds. The highest BCUT2D eigenvalue weighted by Gasteiger charge is 2.17. The number of ether oxygens (including phenoxy) is 2. The zero-order chi connectivity index (χ0) is 22.1. The average Bonchev–Trinajstić information content (AvgIpc) is 3.13. The predicted molar refractivity (Wildman–Crippen MR) is 119 cm³/mol. The molecule has 0 spiro atoms. The summed E-state index contributed by atoms with van der Waals surface area (Å²) in [6.07, 6.45) is 2.46. The van der Waals surface area contributed by atoms with E-state index in [1.54, 1.807) is 22.8 Å². The summed E-state index contributed by atoms with van der Waals surface area (Å²) in [6.45, 7) is 3.92. The van der Waals surface area contributed by atoms with Gasteiger partial charge in [0, 0.05) is 36.1 Å². The van der Waals surface area contributed by atoms with Crippen LogP contribution in [0.5, 0.6) is 11.5 Å². The number of pyridine rings is 1. The van der Waals surface area contributed by atoms with E-state index in [0.717, 1.165) is 28.0 Å². The van der Waals surface area contributed by atoms with Gasteiger partial charge < -0.3 is 14.8 Å². The van der Waals surface area contributed by atoms with Crippen LogP contribution in [0.25, 0.3) is 16.7 Å². The second-order valence-electron chi connectivity index (χ2n) is 7.11. The fourth-order valence-corrected chi connectivity index (χ4v) is 3.87. The first-order chi connectivity index (χ1) is 14.9. The van der Waals surface area contributed by atoms with Crippen molar-refractivity contribution in [2.45, 2.75) is 26.7 Å². The number of anilines is 1. The molecule has 0 fully saturated rings. The molecule has 8 nitrogen and oxygen atoms in total. The number of hydrogen-bond acceptors (Lipinski definition) is 6. The topological polar surface area (TPSA) is 90.6 Å². The number of aryl methyl sites for hydroxylation is 2. The Balaban J connectivity index is 1.57. The van der Waals surface area contributed by atoms with Crippen molar-refractivity contribution in [3.05, 3.63) is 52.4 Å². The van der Waals surface area contributed by atoms with Crippen LogP contribution in [-0.4, -0.2) is 39.7 Å². The van der Waals surface area contributed by atoms with E-state index in [1.807, 2.05) is 26.0 Å². The Labute approximate surface area is 184 Å². The second kappa shape index (κ2) is 8.39. The Bertz CT molecular complexity index is 1300. The number of amides is 1. The smallest absolute Gasteiger partial charge is 0.224 e. The summed E-state index contributed by atoms with van der Waals surface area (Å²) in [5.41, 5.74) is 4.61. The Morgan fingerprint density at radius 2 is 2.03 bits per heavy atom. The number of rotatable bonds is 6. The molecular formula is C22H22ClN5O3. The van der Waals surface area contributed by atoms with Crippen molar-refractivity contribution >= 4 is 39.9 Å². The molecule has 4 rings (SSSR count). The molecule has 3 heterocycles. The van der Waals surface area contributed by atoms with E-state index in [9.17, 15) is 4.79 Å². The molecule has 31 heavy (non-hydrogen) atoms. The van der Waals surface area contributed by atoms with Crippen molar-refractivity contribution in [2.75, 3.05) is 19.5 Å². The third-order valence-corrected chi connectivity index (χ3v) is 5.54. The largest absolute Gasteiger partial charge is 0.497 e. The van der Waals surface area contributed by atoms with Crippen LogP contribution in [0.15, 0.2) is 30.5 Å². The number of carbonyl (C=O) groups is 1. The molecule has 0 aliphatic rings. The van der Waals surface area contributed by atoms with Crippen LogP contribution in [0.3, 0.4) is 0 Å². The Kier molecular flexibility index (Phi) is 5.65. The lowest BCUT2D eigenvalue weighted by atomic mass is 10.1. The van der Waals surface area contributed by atoms with Crippen LogP contribution in [0.2, 0.25) is 5.02 Å². The molecule has 0 saturated heterocycles. The number of aromatic nitrogens is 4. The van der Waals surface area contributed by atoms with Crippen molar-refractivity contribution in [3.63, 3.8) is 0 Å². The minimum atomic E-state index is -0.184. The molecule has 0 unspecified atom stereocenters. The third-order valence-electron chi connectivity index (χ3n) is 5.24. The number of hydrogen-bond donors (Lipinski definition) is 1. The van der Waals surface area contributed by atoms with Crippen LogP contribution in [0.1, 0.15) is 23.4 Å². The number of benzene rings is 1. The lowest BCUT2D eigenvalue weighted by Gasteiger charge is -2.14. The summed E-state index contributed by atoms with van der Waals surface area (Å²) < 4.78 is 12.3. The van der Waals surface area contributed by atoms with Gasteiger partial charge in [-0.1, -0.05) is 11.6 Å². The minimum absolute atomic E-state index is 0.184. The molecular weight excluding hydrogens is 418 g/mol. The van der Waals surface area contributed by atoms with Gasteiger partial charge in [-0.25, -0.2) is 14.5 Å². The van der Waals surface area contributed by atoms with Gasteiger partial charge in [-0.15, -0.1) is 5.10 Å². The number of fused-ring (bicyclic) bond motifs is 3. The number of nitrogens with zero attached hydrogens (tertiary/aromatic N) is 4. The third kappa shape index (κ3) is 3.86. The first-order valence-electron chi connectivity index (χ1n) is 9.73. The molecule has 0 saturated carbocycles. The summed E-state index contributed by atoms with van der Waals surface area (Å²) in [5, 5.41) is 8.65. The zero-order valence-corrected chi connectivity index (χ0v) is 18.4. The van der Waals surface area contributed by atoms with Crippen LogP contribution >= 0.6 is 11.6 Å². The lowest BCUT2D eigenvalue weighted by Crippen LogP contribution is -2.15. The van der Waals surface area contributed by atoms with Crippen molar-refractivity contribution in [3.8, 4) is 11.5 Å². The molecule has 1 N–H and O–H groups in total. The number of halogens is 1. The summed E-state index contributed by atoms with van der Waals surface area (Å²) in [6, 6.07) is 7.12. The van der Waals surface area contributed by atoms with Crippen molar-refractivity contribution in [2.24, 2.45) is 0 Å². The molecule has 0 atom stereocenters. The van der Waals surface area contributed by atoms with E-state index in [2.05, 4.69) is 15.4 Å². The average molecular weight is 440 g/mol. The fraction of sp³-hybridized carbons (Fsp3) is 0.273. The minimum Gasteiger partial charge on any atom is -0.497 e. The predicted octanol–water partition coefficient (Wildman–Crippen LogP) is 4.14. The first kappa shape index (κ1) is 20.9. The van der Waals surface area contributed by atoms with Crippen molar-refractivity contribution < 1.29 is 14.3 Å². The molecule has 160 valence electrons. The van der Waals surface area contributed by atoms with Gasteiger partial charge in [0.25, 0.3) is 0 Å². The van der Waals surface area contributed by atoms with Crippen molar-refractivity contribution in [1.29, 1.82) is 0 Å². The Morgan fingerprint density at radius 3 is 2.77 bits per heavy atom. The van der Waals surface area contributed by atoms with Gasteiger partial charge in [0.15, 0.2) is 11.3 Å². The van der Waals surface area contributed by atoms with E-state index >= 15 is 0 Å². The molecule has 4 aromatic rings. The van der Waals surface area contributed by atoms with E-state index in [-0.39, 0.29) is 12.3 Å². The van der Waals surface area contributed by atoms with Gasteiger partial charge in [0.05, 0.1) is 24.6 Å². The normalized spacial score (nSPS) is 11.1. The van der Waals surface area contributed by atoms with Crippen LogP contribution in [-0.2, 0) is 11.2 Å². The Morgan fingerprint density at radius 1 is 1.23 bits per heavy atom. The standard InChI is InChI=1S/C22H22ClN5O3/c1-12-15(13(2)28-22(25-12)16-6-5-9-24-21(16)27-28)7-8-19(29)26-20-17(23)10-14(30-3)11-18(20)31-4/h5-6,9-11H,7-8H2,1-4H3,(H,26,29). The maximum absolute atomic E-state index is 12.7. The lowest BCUT2D eigenvalue weighted by molar-refractivity contribution is -0.116. The molecule has 1 aromatic carbocycles. The SMILES string of the molecule is COc1cc(Cl)c(NC(=O)CCc2c(C)nc3c4cccnc4nn3c2C)c(OC)c1. The van der Waals surface area contributed by atoms with Gasteiger partial charge in [-0.3, -0.25) is 4.79 Å². The zero-order valence-electron chi connectivity index (χ0n) is 17.7. The first-order valence-corrected chi connectivity index (χ1v) is 10.1. The quantitative estimate of drug-likeness (QED) is 0.485. The molecule has 0 aliphatic carbocycles. The van der Waals surface area contributed by atoms with Crippen molar-refractivity contribution in [1.82, 2.24) is 19.6 Å². The van der Waals surface area contributed by atoms with E-state index < -0.39 is 0 Å². The molecule has 0 radical (unpaired) electrons. The maximum atomic E-state index is 12.7. The molecule has 0 bridgehead atoms.